The standard InChI is InChI=1S/C11H8BrClN2OS/c12-9-2-1-8(17-9)6-15-11(16)7-3-4-14-10(13)5-7/h1-5H,6H2,(H,15,16). The van der Waals surface area contributed by atoms with E-state index >= 15 is 0 Å². The molecular weight excluding hydrogens is 324 g/mol. The molecule has 0 saturated carbocycles. The number of nitrogens with zero attached hydrogens (tertiary/aromatic N) is 1. The number of pyridine rings is 1. The molecule has 0 saturated heterocycles. The SMILES string of the molecule is O=C(NCc1ccc(Br)s1)c1ccnc(Cl)c1. The van der Waals surface area contributed by atoms with Crippen molar-refractivity contribution in [3.63, 3.8) is 0 Å². The smallest absolute Gasteiger partial charge is 0.251 e. The zero-order valence-electron chi connectivity index (χ0n) is 8.61. The summed E-state index contributed by atoms with van der Waals surface area (Å²) in [5.74, 6) is -0.154. The lowest BCUT2D eigenvalue weighted by atomic mass is 10.2. The highest BCUT2D eigenvalue weighted by Crippen LogP contribution is 2.21. The van der Waals surface area contributed by atoms with Crippen LogP contribution in [-0.2, 0) is 6.54 Å². The minimum absolute atomic E-state index is 0.154. The van der Waals surface area contributed by atoms with Gasteiger partial charge in [0.2, 0.25) is 0 Å². The van der Waals surface area contributed by atoms with Gasteiger partial charge in [0, 0.05) is 16.6 Å². The second-order valence-electron chi connectivity index (χ2n) is 3.26. The second-order valence-corrected chi connectivity index (χ2v) is 6.19. The van der Waals surface area contributed by atoms with Crippen molar-refractivity contribution in [3.8, 4) is 0 Å². The Labute approximate surface area is 116 Å². The van der Waals surface area contributed by atoms with Gasteiger partial charge in [0.15, 0.2) is 0 Å². The number of rotatable bonds is 3. The summed E-state index contributed by atoms with van der Waals surface area (Å²) in [6, 6.07) is 7.09. The van der Waals surface area contributed by atoms with Crippen molar-refractivity contribution in [1.29, 1.82) is 0 Å². The lowest BCUT2D eigenvalue weighted by molar-refractivity contribution is 0.0951. The Morgan fingerprint density at radius 2 is 2.29 bits per heavy atom. The van der Waals surface area contributed by atoms with E-state index in [9.17, 15) is 4.79 Å². The summed E-state index contributed by atoms with van der Waals surface area (Å²) in [6.07, 6.45) is 1.51. The van der Waals surface area contributed by atoms with Crippen LogP contribution in [0.5, 0.6) is 0 Å². The number of aromatic nitrogens is 1. The van der Waals surface area contributed by atoms with Crippen LogP contribution in [0.1, 0.15) is 15.2 Å². The van der Waals surface area contributed by atoms with Gasteiger partial charge in [-0.05, 0) is 40.2 Å². The average molecular weight is 332 g/mol. The number of carbonyl (C=O) groups excluding carboxylic acids is 1. The normalized spacial score (nSPS) is 10.2. The fourth-order valence-electron chi connectivity index (χ4n) is 1.26. The van der Waals surface area contributed by atoms with Gasteiger partial charge in [-0.25, -0.2) is 4.98 Å². The third-order valence-electron chi connectivity index (χ3n) is 2.04. The highest BCUT2D eigenvalue weighted by Gasteiger charge is 2.06. The molecule has 1 amide bonds. The molecule has 0 aliphatic carbocycles. The van der Waals surface area contributed by atoms with Crippen LogP contribution in [0.15, 0.2) is 34.2 Å². The van der Waals surface area contributed by atoms with Gasteiger partial charge < -0.3 is 5.32 Å². The van der Waals surface area contributed by atoms with E-state index in [4.69, 9.17) is 11.6 Å². The fraction of sp³-hybridized carbons (Fsp3) is 0.0909. The first kappa shape index (κ1) is 12.5. The van der Waals surface area contributed by atoms with Gasteiger partial charge >= 0.3 is 0 Å². The highest BCUT2D eigenvalue weighted by molar-refractivity contribution is 9.11. The Hall–Kier alpha value is -0.910. The van der Waals surface area contributed by atoms with Gasteiger partial charge in [0.25, 0.3) is 5.91 Å². The van der Waals surface area contributed by atoms with Crippen LogP contribution >= 0.6 is 38.9 Å². The number of hydrogen-bond acceptors (Lipinski definition) is 3. The van der Waals surface area contributed by atoms with E-state index in [1.54, 1.807) is 23.5 Å². The van der Waals surface area contributed by atoms with Crippen LogP contribution in [0.4, 0.5) is 0 Å². The maximum absolute atomic E-state index is 11.8. The molecule has 0 atom stereocenters. The Kier molecular flexibility index (Phi) is 4.15. The maximum Gasteiger partial charge on any atom is 0.251 e. The minimum Gasteiger partial charge on any atom is -0.347 e. The molecule has 0 aliphatic heterocycles. The first-order valence-electron chi connectivity index (χ1n) is 4.79. The van der Waals surface area contributed by atoms with Gasteiger partial charge in [-0.15, -0.1) is 11.3 Å². The van der Waals surface area contributed by atoms with E-state index < -0.39 is 0 Å². The molecule has 0 bridgehead atoms. The van der Waals surface area contributed by atoms with Crippen molar-refractivity contribution in [3.05, 3.63) is 49.8 Å². The van der Waals surface area contributed by atoms with Crippen LogP contribution in [0.25, 0.3) is 0 Å². The van der Waals surface area contributed by atoms with E-state index in [1.165, 1.54) is 6.20 Å². The lowest BCUT2D eigenvalue weighted by Gasteiger charge is -2.03. The molecule has 1 N–H and O–H groups in total. The lowest BCUT2D eigenvalue weighted by Crippen LogP contribution is -2.22. The van der Waals surface area contributed by atoms with E-state index in [1.807, 2.05) is 12.1 Å². The van der Waals surface area contributed by atoms with Crippen LogP contribution in [0.3, 0.4) is 0 Å². The highest BCUT2D eigenvalue weighted by atomic mass is 79.9. The van der Waals surface area contributed by atoms with Crippen molar-refractivity contribution >= 4 is 44.8 Å². The Bertz CT molecular complexity index is 544. The third kappa shape index (κ3) is 3.52. The predicted octanol–water partition coefficient (Wildman–Crippen LogP) is 3.49. The number of nitrogens with one attached hydrogen (secondary N) is 1. The van der Waals surface area contributed by atoms with E-state index in [0.29, 0.717) is 17.3 Å². The molecule has 0 spiro atoms. The molecule has 2 rings (SSSR count). The number of hydrogen-bond donors (Lipinski definition) is 1. The molecule has 3 nitrogen and oxygen atoms in total. The number of halogens is 2. The first-order valence-corrected chi connectivity index (χ1v) is 6.78. The number of carbonyl (C=O) groups is 1. The topological polar surface area (TPSA) is 42.0 Å². The zero-order chi connectivity index (χ0) is 12.3. The van der Waals surface area contributed by atoms with Crippen LogP contribution in [-0.4, -0.2) is 10.9 Å². The Morgan fingerprint density at radius 3 is 2.94 bits per heavy atom. The minimum atomic E-state index is -0.154. The van der Waals surface area contributed by atoms with Crippen molar-refractivity contribution < 1.29 is 4.79 Å². The van der Waals surface area contributed by atoms with E-state index in [-0.39, 0.29) is 5.91 Å². The quantitative estimate of drug-likeness (QED) is 0.875. The van der Waals surface area contributed by atoms with Crippen LogP contribution in [0.2, 0.25) is 5.15 Å². The van der Waals surface area contributed by atoms with Crippen LogP contribution < -0.4 is 5.32 Å². The molecule has 88 valence electrons. The van der Waals surface area contributed by atoms with Gasteiger partial charge in [-0.3, -0.25) is 4.79 Å². The molecule has 6 heteroatoms. The number of amides is 1. The van der Waals surface area contributed by atoms with Crippen molar-refractivity contribution in [2.24, 2.45) is 0 Å². The summed E-state index contributed by atoms with van der Waals surface area (Å²) in [6.45, 7) is 0.509. The zero-order valence-corrected chi connectivity index (χ0v) is 11.8. The molecular formula is C11H8BrClN2OS. The molecule has 17 heavy (non-hydrogen) atoms. The largest absolute Gasteiger partial charge is 0.347 e. The Balaban J connectivity index is 1.98. The van der Waals surface area contributed by atoms with Gasteiger partial charge in [-0.1, -0.05) is 11.6 Å². The Morgan fingerprint density at radius 1 is 1.47 bits per heavy atom. The second kappa shape index (κ2) is 5.62. The summed E-state index contributed by atoms with van der Waals surface area (Å²) >= 11 is 10.7. The third-order valence-corrected chi connectivity index (χ3v) is 3.87. The summed E-state index contributed by atoms with van der Waals surface area (Å²) in [7, 11) is 0. The average Bonchev–Trinajstić information content (AvgIpc) is 2.72. The molecule has 0 aromatic carbocycles. The summed E-state index contributed by atoms with van der Waals surface area (Å²) in [4.78, 5) is 16.7. The molecule has 2 heterocycles. The van der Waals surface area contributed by atoms with E-state index in [0.717, 1.165) is 8.66 Å². The molecule has 2 aromatic heterocycles. The number of thiophene rings is 1. The fourth-order valence-corrected chi connectivity index (χ4v) is 2.86. The molecule has 0 fully saturated rings. The van der Waals surface area contributed by atoms with Gasteiger partial charge in [-0.2, -0.15) is 0 Å². The van der Waals surface area contributed by atoms with Crippen molar-refractivity contribution in [2.45, 2.75) is 6.54 Å². The molecule has 0 radical (unpaired) electrons. The maximum atomic E-state index is 11.8. The van der Waals surface area contributed by atoms with Crippen molar-refractivity contribution in [2.75, 3.05) is 0 Å². The van der Waals surface area contributed by atoms with E-state index in [2.05, 4.69) is 26.2 Å². The molecule has 0 aliphatic rings. The van der Waals surface area contributed by atoms with Crippen LogP contribution in [0, 0.1) is 0 Å². The van der Waals surface area contributed by atoms with Gasteiger partial charge in [0.1, 0.15) is 5.15 Å². The van der Waals surface area contributed by atoms with Crippen molar-refractivity contribution in [1.82, 2.24) is 10.3 Å². The molecule has 0 unspecified atom stereocenters. The summed E-state index contributed by atoms with van der Waals surface area (Å²) in [5.41, 5.74) is 0.514. The summed E-state index contributed by atoms with van der Waals surface area (Å²) < 4.78 is 1.05. The monoisotopic (exact) mass is 330 g/mol. The summed E-state index contributed by atoms with van der Waals surface area (Å²) in [5, 5.41) is 3.14. The predicted molar refractivity (Wildman–Crippen MR) is 72.4 cm³/mol. The molecule has 2 aromatic rings. The first-order chi connectivity index (χ1) is 8.15. The van der Waals surface area contributed by atoms with Gasteiger partial charge in [0.05, 0.1) is 10.3 Å².